The highest BCUT2D eigenvalue weighted by Crippen LogP contribution is 2.11. The van der Waals surface area contributed by atoms with Crippen molar-refractivity contribution in [2.45, 2.75) is 26.4 Å². The summed E-state index contributed by atoms with van der Waals surface area (Å²) in [7, 11) is 0. The van der Waals surface area contributed by atoms with Gasteiger partial charge in [0.1, 0.15) is 5.82 Å². The lowest BCUT2D eigenvalue weighted by Crippen LogP contribution is -2.05. The highest BCUT2D eigenvalue weighted by atomic mass is 19.1. The van der Waals surface area contributed by atoms with Crippen LogP contribution >= 0.6 is 0 Å². The van der Waals surface area contributed by atoms with Gasteiger partial charge in [0.05, 0.1) is 6.10 Å². The van der Waals surface area contributed by atoms with Crippen molar-refractivity contribution in [3.8, 4) is 0 Å². The second-order valence-electron chi connectivity index (χ2n) is 3.15. The number of aryl methyl sites for hydroxylation is 1. The van der Waals surface area contributed by atoms with Crippen molar-refractivity contribution in [1.82, 2.24) is 0 Å². The van der Waals surface area contributed by atoms with E-state index < -0.39 is 6.10 Å². The molecule has 1 rings (SSSR count). The molecule has 0 aliphatic rings. The number of halogens is 1. The summed E-state index contributed by atoms with van der Waals surface area (Å²) in [5, 5.41) is 9.03. The Labute approximate surface area is 71.9 Å². The van der Waals surface area contributed by atoms with Crippen molar-refractivity contribution in [3.05, 3.63) is 35.1 Å². The molecule has 1 N–H and O–H groups in total. The summed E-state index contributed by atoms with van der Waals surface area (Å²) in [6.45, 7) is 3.49. The van der Waals surface area contributed by atoms with Gasteiger partial charge < -0.3 is 5.11 Å². The number of hydrogen-bond donors (Lipinski definition) is 1. The first-order chi connectivity index (χ1) is 5.59. The lowest BCUT2D eigenvalue weighted by atomic mass is 10.1. The Morgan fingerprint density at radius 1 is 1.50 bits per heavy atom. The van der Waals surface area contributed by atoms with Crippen molar-refractivity contribution in [1.29, 1.82) is 0 Å². The minimum atomic E-state index is -0.484. The summed E-state index contributed by atoms with van der Waals surface area (Å²) in [6.07, 6.45) is -0.103. The van der Waals surface area contributed by atoms with Gasteiger partial charge in [-0.05, 0) is 31.0 Å². The number of aliphatic hydroxyl groups is 1. The molecule has 2 heteroatoms. The maximum absolute atomic E-state index is 13.1. The van der Waals surface area contributed by atoms with E-state index in [1.165, 1.54) is 6.07 Å². The molecule has 12 heavy (non-hydrogen) atoms. The van der Waals surface area contributed by atoms with Crippen LogP contribution in [0.15, 0.2) is 18.2 Å². The van der Waals surface area contributed by atoms with Gasteiger partial charge in [0.2, 0.25) is 0 Å². The van der Waals surface area contributed by atoms with Crippen molar-refractivity contribution in [2.24, 2.45) is 0 Å². The molecule has 0 radical (unpaired) electrons. The van der Waals surface area contributed by atoms with Gasteiger partial charge in [0.25, 0.3) is 0 Å². The highest BCUT2D eigenvalue weighted by molar-refractivity contribution is 5.23. The van der Waals surface area contributed by atoms with Crippen LogP contribution in [0.4, 0.5) is 4.39 Å². The van der Waals surface area contributed by atoms with Crippen LogP contribution in [0.5, 0.6) is 0 Å². The molecular formula is C10H13FO. The van der Waals surface area contributed by atoms with E-state index in [1.807, 2.05) is 13.0 Å². The molecule has 0 aliphatic carbocycles. The Balaban J connectivity index is 2.86. The third kappa shape index (κ3) is 2.31. The molecule has 0 heterocycles. The molecule has 66 valence electrons. The normalized spacial score (nSPS) is 13.0. The molecular weight excluding hydrogens is 155 g/mol. The summed E-state index contributed by atoms with van der Waals surface area (Å²) >= 11 is 0. The van der Waals surface area contributed by atoms with Gasteiger partial charge in [-0.3, -0.25) is 0 Å². The van der Waals surface area contributed by atoms with Crippen LogP contribution in [0.3, 0.4) is 0 Å². The van der Waals surface area contributed by atoms with Crippen molar-refractivity contribution >= 4 is 0 Å². The third-order valence-corrected chi connectivity index (χ3v) is 1.72. The fraction of sp³-hybridized carbons (Fsp3) is 0.400. The zero-order chi connectivity index (χ0) is 9.14. The number of benzene rings is 1. The first-order valence-electron chi connectivity index (χ1n) is 4.02. The highest BCUT2D eigenvalue weighted by Gasteiger charge is 2.04. The van der Waals surface area contributed by atoms with E-state index in [0.29, 0.717) is 12.0 Å². The first-order valence-corrected chi connectivity index (χ1v) is 4.02. The van der Waals surface area contributed by atoms with E-state index in [2.05, 4.69) is 0 Å². The fourth-order valence-corrected chi connectivity index (χ4v) is 1.14. The minimum absolute atomic E-state index is 0.226. The maximum Gasteiger partial charge on any atom is 0.126 e. The zero-order valence-electron chi connectivity index (χ0n) is 7.34. The van der Waals surface area contributed by atoms with E-state index >= 15 is 0 Å². The van der Waals surface area contributed by atoms with Gasteiger partial charge in [-0.25, -0.2) is 4.39 Å². The predicted octanol–water partition coefficient (Wildman–Crippen LogP) is 2.06. The Kier molecular flexibility index (Phi) is 2.82. The summed E-state index contributed by atoms with van der Waals surface area (Å²) < 4.78 is 13.1. The monoisotopic (exact) mass is 168 g/mol. The lowest BCUT2D eigenvalue weighted by molar-refractivity contribution is 0.194. The number of hydrogen-bond acceptors (Lipinski definition) is 1. The Hall–Kier alpha value is -0.890. The average Bonchev–Trinajstić information content (AvgIpc) is 1.94. The summed E-state index contributed by atoms with van der Waals surface area (Å²) in [6, 6.07) is 5.05. The molecule has 1 aromatic carbocycles. The predicted molar refractivity (Wildman–Crippen MR) is 46.5 cm³/mol. The largest absolute Gasteiger partial charge is 0.393 e. The Bertz CT molecular complexity index is 269. The smallest absolute Gasteiger partial charge is 0.126 e. The van der Waals surface area contributed by atoms with Crippen LogP contribution < -0.4 is 0 Å². The Morgan fingerprint density at radius 3 is 2.67 bits per heavy atom. The topological polar surface area (TPSA) is 20.2 Å². The molecule has 0 aromatic heterocycles. The van der Waals surface area contributed by atoms with Crippen LogP contribution in [0.2, 0.25) is 0 Å². The van der Waals surface area contributed by atoms with E-state index in [-0.39, 0.29) is 5.82 Å². The maximum atomic E-state index is 13.1. The SMILES string of the molecule is Cc1ccc(C[C@H](C)O)c(F)c1. The number of aliphatic hydroxyl groups excluding tert-OH is 1. The standard InChI is InChI=1S/C10H13FO/c1-7-3-4-9(6-8(2)12)10(11)5-7/h3-5,8,12H,6H2,1-2H3/t8-/m0/s1. The van der Waals surface area contributed by atoms with Crippen molar-refractivity contribution in [3.63, 3.8) is 0 Å². The minimum Gasteiger partial charge on any atom is -0.393 e. The first kappa shape index (κ1) is 9.20. The van der Waals surface area contributed by atoms with Crippen molar-refractivity contribution < 1.29 is 9.50 Å². The molecule has 1 aromatic rings. The molecule has 1 atom stereocenters. The molecule has 0 fully saturated rings. The summed E-state index contributed by atoms with van der Waals surface area (Å²) in [5.41, 5.74) is 1.48. The average molecular weight is 168 g/mol. The van der Waals surface area contributed by atoms with Crippen LogP contribution in [0.1, 0.15) is 18.1 Å². The molecule has 0 aliphatic heterocycles. The van der Waals surface area contributed by atoms with Gasteiger partial charge in [0, 0.05) is 6.42 Å². The molecule has 0 spiro atoms. The van der Waals surface area contributed by atoms with E-state index in [1.54, 1.807) is 13.0 Å². The number of rotatable bonds is 2. The molecule has 1 nitrogen and oxygen atoms in total. The van der Waals surface area contributed by atoms with Gasteiger partial charge in [-0.15, -0.1) is 0 Å². The molecule has 0 saturated heterocycles. The van der Waals surface area contributed by atoms with E-state index in [9.17, 15) is 4.39 Å². The molecule has 0 saturated carbocycles. The van der Waals surface area contributed by atoms with E-state index in [0.717, 1.165) is 5.56 Å². The van der Waals surface area contributed by atoms with Crippen LogP contribution in [-0.2, 0) is 6.42 Å². The molecule has 0 unspecified atom stereocenters. The van der Waals surface area contributed by atoms with Gasteiger partial charge >= 0.3 is 0 Å². The lowest BCUT2D eigenvalue weighted by Gasteiger charge is -2.05. The third-order valence-electron chi connectivity index (χ3n) is 1.72. The summed E-state index contributed by atoms with van der Waals surface area (Å²) in [4.78, 5) is 0. The zero-order valence-corrected chi connectivity index (χ0v) is 7.34. The molecule has 0 bridgehead atoms. The summed E-state index contributed by atoms with van der Waals surface area (Å²) in [5.74, 6) is -0.226. The van der Waals surface area contributed by atoms with Crippen LogP contribution in [0.25, 0.3) is 0 Å². The Morgan fingerprint density at radius 2 is 2.17 bits per heavy atom. The van der Waals surface area contributed by atoms with Gasteiger partial charge in [0.15, 0.2) is 0 Å². The van der Waals surface area contributed by atoms with E-state index in [4.69, 9.17) is 5.11 Å². The van der Waals surface area contributed by atoms with Gasteiger partial charge in [-0.2, -0.15) is 0 Å². The fourth-order valence-electron chi connectivity index (χ4n) is 1.14. The molecule has 0 amide bonds. The van der Waals surface area contributed by atoms with Crippen molar-refractivity contribution in [2.75, 3.05) is 0 Å². The quantitative estimate of drug-likeness (QED) is 0.716. The second kappa shape index (κ2) is 3.68. The van der Waals surface area contributed by atoms with Gasteiger partial charge in [-0.1, -0.05) is 12.1 Å². The van der Waals surface area contributed by atoms with Crippen LogP contribution in [0, 0.1) is 12.7 Å². The van der Waals surface area contributed by atoms with Crippen LogP contribution in [-0.4, -0.2) is 11.2 Å². The second-order valence-corrected chi connectivity index (χ2v) is 3.15.